The van der Waals surface area contributed by atoms with Gasteiger partial charge in [0.2, 0.25) is 0 Å². The first-order chi connectivity index (χ1) is 8.56. The summed E-state index contributed by atoms with van der Waals surface area (Å²) in [5, 5.41) is 9.47. The Morgan fingerprint density at radius 3 is 2.94 bits per heavy atom. The number of aromatic nitrogens is 2. The zero-order valence-electron chi connectivity index (χ0n) is 9.97. The van der Waals surface area contributed by atoms with E-state index in [1.54, 1.807) is 18.7 Å². The highest BCUT2D eigenvalue weighted by atomic mass is 32.2. The minimum Gasteiger partial charge on any atom is -0.477 e. The average molecular weight is 284 g/mol. The van der Waals surface area contributed by atoms with Gasteiger partial charge in [0.15, 0.2) is 0 Å². The quantitative estimate of drug-likeness (QED) is 0.927. The van der Waals surface area contributed by atoms with Crippen LogP contribution in [0.1, 0.15) is 15.2 Å². The van der Waals surface area contributed by atoms with E-state index in [-0.39, 0.29) is 10.4 Å². The Morgan fingerprint density at radius 2 is 2.33 bits per heavy atom. The summed E-state index contributed by atoms with van der Waals surface area (Å²) in [7, 11) is 0. The summed E-state index contributed by atoms with van der Waals surface area (Å²) >= 11 is 2.70. The number of rotatable bonds is 4. The van der Waals surface area contributed by atoms with E-state index in [0.29, 0.717) is 22.3 Å². The van der Waals surface area contributed by atoms with Gasteiger partial charge in [-0.25, -0.2) is 9.78 Å². The summed E-state index contributed by atoms with van der Waals surface area (Å²) in [5.74, 6) is -0.187. The number of aromatic carboxylic acids is 1. The molecule has 7 heteroatoms. The fourth-order valence-electron chi connectivity index (χ4n) is 1.71. The Balaban J connectivity index is 2.63. The summed E-state index contributed by atoms with van der Waals surface area (Å²) in [6, 6.07) is 0. The summed E-state index contributed by atoms with van der Waals surface area (Å²) in [4.78, 5) is 28.1. The SMILES string of the molecule is CSCCn1cnc2sc(C(=O)O)c(C)c2c1=O. The summed E-state index contributed by atoms with van der Waals surface area (Å²) in [6.07, 6.45) is 3.46. The maximum absolute atomic E-state index is 12.2. The number of hydrogen-bond acceptors (Lipinski definition) is 5. The van der Waals surface area contributed by atoms with Gasteiger partial charge in [0.05, 0.1) is 11.7 Å². The van der Waals surface area contributed by atoms with Gasteiger partial charge >= 0.3 is 5.97 Å². The van der Waals surface area contributed by atoms with Crippen molar-refractivity contribution in [2.45, 2.75) is 13.5 Å². The molecule has 18 heavy (non-hydrogen) atoms. The van der Waals surface area contributed by atoms with Crippen LogP contribution in [0.5, 0.6) is 0 Å². The van der Waals surface area contributed by atoms with E-state index in [1.165, 1.54) is 10.9 Å². The number of aryl methyl sites for hydroxylation is 2. The van der Waals surface area contributed by atoms with Crippen LogP contribution in [0.4, 0.5) is 0 Å². The highest BCUT2D eigenvalue weighted by Crippen LogP contribution is 2.26. The highest BCUT2D eigenvalue weighted by molar-refractivity contribution is 7.98. The van der Waals surface area contributed by atoms with Crippen LogP contribution in [0.25, 0.3) is 10.2 Å². The molecule has 2 aromatic rings. The molecule has 2 rings (SSSR count). The predicted octanol–water partition coefficient (Wildman–Crippen LogP) is 1.83. The number of carboxylic acids is 1. The van der Waals surface area contributed by atoms with Crippen LogP contribution in [0, 0.1) is 6.92 Å². The molecule has 0 aliphatic rings. The van der Waals surface area contributed by atoms with Crippen LogP contribution < -0.4 is 5.56 Å². The second kappa shape index (κ2) is 5.11. The van der Waals surface area contributed by atoms with Crippen LogP contribution in [0.3, 0.4) is 0 Å². The van der Waals surface area contributed by atoms with Crippen molar-refractivity contribution in [3.8, 4) is 0 Å². The zero-order valence-corrected chi connectivity index (χ0v) is 11.6. The van der Waals surface area contributed by atoms with Crippen molar-refractivity contribution in [1.29, 1.82) is 0 Å². The molecule has 2 heterocycles. The zero-order chi connectivity index (χ0) is 13.3. The van der Waals surface area contributed by atoms with E-state index in [1.807, 2.05) is 6.26 Å². The van der Waals surface area contributed by atoms with E-state index in [0.717, 1.165) is 17.1 Å². The van der Waals surface area contributed by atoms with Crippen LogP contribution >= 0.6 is 23.1 Å². The van der Waals surface area contributed by atoms with Crippen LogP contribution in [-0.4, -0.2) is 32.6 Å². The van der Waals surface area contributed by atoms with E-state index in [4.69, 9.17) is 5.11 Å². The first-order valence-corrected chi connectivity index (χ1v) is 7.48. The minimum absolute atomic E-state index is 0.157. The molecule has 0 amide bonds. The van der Waals surface area contributed by atoms with Crippen molar-refractivity contribution in [1.82, 2.24) is 9.55 Å². The van der Waals surface area contributed by atoms with Crippen LogP contribution in [-0.2, 0) is 6.54 Å². The van der Waals surface area contributed by atoms with Gasteiger partial charge in [0, 0.05) is 12.3 Å². The Morgan fingerprint density at radius 1 is 1.61 bits per heavy atom. The van der Waals surface area contributed by atoms with E-state index in [2.05, 4.69) is 4.98 Å². The topological polar surface area (TPSA) is 72.2 Å². The van der Waals surface area contributed by atoms with Gasteiger partial charge in [-0.3, -0.25) is 9.36 Å². The molecule has 0 aromatic carbocycles. The average Bonchev–Trinajstić information content (AvgIpc) is 2.67. The van der Waals surface area contributed by atoms with E-state index < -0.39 is 5.97 Å². The van der Waals surface area contributed by atoms with E-state index >= 15 is 0 Å². The lowest BCUT2D eigenvalue weighted by Crippen LogP contribution is -2.21. The molecule has 0 aliphatic heterocycles. The monoisotopic (exact) mass is 284 g/mol. The minimum atomic E-state index is -1.01. The Kier molecular flexibility index (Phi) is 3.72. The van der Waals surface area contributed by atoms with Crippen LogP contribution in [0.2, 0.25) is 0 Å². The molecule has 0 spiro atoms. The molecule has 1 N–H and O–H groups in total. The number of carbonyl (C=O) groups is 1. The van der Waals surface area contributed by atoms with Gasteiger partial charge in [-0.1, -0.05) is 0 Å². The molecule has 5 nitrogen and oxygen atoms in total. The first kappa shape index (κ1) is 13.1. The van der Waals surface area contributed by atoms with Gasteiger partial charge in [-0.2, -0.15) is 11.8 Å². The van der Waals surface area contributed by atoms with Gasteiger partial charge in [-0.15, -0.1) is 11.3 Å². The van der Waals surface area contributed by atoms with E-state index in [9.17, 15) is 9.59 Å². The standard InChI is InChI=1S/C11H12N2O3S2/c1-6-7-9(18-8(6)11(15)16)12-5-13(10(7)14)3-4-17-2/h5H,3-4H2,1-2H3,(H,15,16). The summed E-state index contributed by atoms with van der Waals surface area (Å²) < 4.78 is 1.53. The van der Waals surface area contributed by atoms with Crippen molar-refractivity contribution < 1.29 is 9.90 Å². The fourth-order valence-corrected chi connectivity index (χ4v) is 3.07. The molecule has 0 bridgehead atoms. The molecule has 0 aliphatic carbocycles. The predicted molar refractivity (Wildman–Crippen MR) is 74.0 cm³/mol. The van der Waals surface area contributed by atoms with Gasteiger partial charge in [0.25, 0.3) is 5.56 Å². The first-order valence-electron chi connectivity index (χ1n) is 5.27. The number of nitrogens with zero attached hydrogens (tertiary/aromatic N) is 2. The normalized spacial score (nSPS) is 11.0. The third-order valence-electron chi connectivity index (χ3n) is 2.65. The molecule has 0 saturated heterocycles. The third-order valence-corrected chi connectivity index (χ3v) is 4.43. The lowest BCUT2D eigenvalue weighted by Gasteiger charge is -2.03. The highest BCUT2D eigenvalue weighted by Gasteiger charge is 2.18. The number of thiophene rings is 1. The molecule has 0 atom stereocenters. The van der Waals surface area contributed by atoms with Gasteiger partial charge in [0.1, 0.15) is 9.71 Å². The molecular weight excluding hydrogens is 272 g/mol. The molecule has 0 saturated carbocycles. The number of thioether (sulfide) groups is 1. The van der Waals surface area contributed by atoms with Crippen molar-refractivity contribution in [3.05, 3.63) is 27.1 Å². The summed E-state index contributed by atoms with van der Waals surface area (Å²) in [6.45, 7) is 2.24. The van der Waals surface area contributed by atoms with Crippen LogP contribution in [0.15, 0.2) is 11.1 Å². The van der Waals surface area contributed by atoms with Gasteiger partial charge in [-0.05, 0) is 18.7 Å². The number of fused-ring (bicyclic) bond motifs is 1. The third kappa shape index (κ3) is 2.15. The lowest BCUT2D eigenvalue weighted by molar-refractivity contribution is 0.0701. The second-order valence-corrected chi connectivity index (χ2v) is 5.76. The maximum atomic E-state index is 12.2. The fraction of sp³-hybridized carbons (Fsp3) is 0.364. The molecule has 0 unspecified atom stereocenters. The van der Waals surface area contributed by atoms with Crippen molar-refractivity contribution in [2.24, 2.45) is 0 Å². The lowest BCUT2D eigenvalue weighted by atomic mass is 10.2. The number of hydrogen-bond donors (Lipinski definition) is 1. The Hall–Kier alpha value is -1.34. The number of carboxylic acid groups (broad SMARTS) is 1. The second-order valence-electron chi connectivity index (χ2n) is 3.78. The van der Waals surface area contributed by atoms with Crippen molar-refractivity contribution in [3.63, 3.8) is 0 Å². The van der Waals surface area contributed by atoms with Crippen molar-refractivity contribution in [2.75, 3.05) is 12.0 Å². The largest absolute Gasteiger partial charge is 0.477 e. The molecule has 0 fully saturated rings. The molecule has 0 radical (unpaired) electrons. The van der Waals surface area contributed by atoms with Gasteiger partial charge < -0.3 is 5.11 Å². The summed E-state index contributed by atoms with van der Waals surface area (Å²) in [5.41, 5.74) is 0.355. The smallest absolute Gasteiger partial charge is 0.346 e. The molecule has 2 aromatic heterocycles. The Labute approximate surface area is 111 Å². The van der Waals surface area contributed by atoms with Crippen molar-refractivity contribution >= 4 is 39.3 Å². The molecular formula is C11H12N2O3S2. The molecule has 96 valence electrons. The Bertz CT molecular complexity index is 660. The maximum Gasteiger partial charge on any atom is 0.346 e.